The van der Waals surface area contributed by atoms with Crippen LogP contribution in [0.3, 0.4) is 0 Å². The van der Waals surface area contributed by atoms with Gasteiger partial charge in [0.2, 0.25) is 0 Å². The molecule has 0 saturated heterocycles. The fourth-order valence-corrected chi connectivity index (χ4v) is 1.14. The molecule has 1 unspecified atom stereocenters. The molecule has 0 aromatic heterocycles. The largest absolute Gasteiger partial charge is 0.465 e. The molecule has 5 nitrogen and oxygen atoms in total. The number of nitrogens with one attached hydrogen (secondary N) is 1. The quantitative estimate of drug-likeness (QED) is 0.710. The molecule has 0 aliphatic carbocycles. The van der Waals surface area contributed by atoms with Gasteiger partial charge in [-0.25, -0.2) is 4.79 Å². The van der Waals surface area contributed by atoms with Gasteiger partial charge in [-0.15, -0.1) is 0 Å². The summed E-state index contributed by atoms with van der Waals surface area (Å²) in [5, 5.41) is 2.62. The summed E-state index contributed by atoms with van der Waals surface area (Å²) < 4.78 is 4.61. The molecule has 0 bridgehead atoms. The van der Waals surface area contributed by atoms with Gasteiger partial charge in [0.25, 0.3) is 5.91 Å². The summed E-state index contributed by atoms with van der Waals surface area (Å²) in [4.78, 5) is 22.8. The van der Waals surface area contributed by atoms with Crippen LogP contribution >= 0.6 is 0 Å². The van der Waals surface area contributed by atoms with Crippen molar-refractivity contribution in [1.82, 2.24) is 0 Å². The van der Waals surface area contributed by atoms with Gasteiger partial charge < -0.3 is 15.8 Å². The van der Waals surface area contributed by atoms with Crippen molar-refractivity contribution in [2.24, 2.45) is 0 Å². The van der Waals surface area contributed by atoms with Crippen molar-refractivity contribution >= 4 is 17.6 Å². The molecule has 1 aromatic carbocycles. The lowest BCUT2D eigenvalue weighted by Crippen LogP contribution is -2.64. The highest BCUT2D eigenvalue weighted by Gasteiger charge is 2.16. The average Bonchev–Trinajstić information content (AvgIpc) is 2.28. The van der Waals surface area contributed by atoms with Crippen molar-refractivity contribution in [2.75, 3.05) is 12.4 Å². The molecule has 0 aliphatic rings. The maximum absolute atomic E-state index is 11.4. The Morgan fingerprint density at radius 3 is 2.56 bits per heavy atom. The van der Waals surface area contributed by atoms with Gasteiger partial charge in [-0.2, -0.15) is 0 Å². The minimum absolute atomic E-state index is 0.239. The highest BCUT2D eigenvalue weighted by atomic mass is 16.5. The zero-order chi connectivity index (χ0) is 12.1. The molecule has 0 aliphatic heterocycles. The molecular weight excluding hydrogens is 208 g/mol. The average molecular weight is 223 g/mol. The van der Waals surface area contributed by atoms with E-state index in [1.54, 1.807) is 31.2 Å². The molecule has 1 aromatic rings. The van der Waals surface area contributed by atoms with E-state index in [0.717, 1.165) is 0 Å². The smallest absolute Gasteiger partial charge is 0.339 e. The van der Waals surface area contributed by atoms with Crippen molar-refractivity contribution in [1.29, 1.82) is 0 Å². The van der Waals surface area contributed by atoms with E-state index in [1.807, 2.05) is 0 Å². The Kier molecular flexibility index (Phi) is 4.02. The molecule has 1 atom stereocenters. The van der Waals surface area contributed by atoms with Gasteiger partial charge in [-0.3, -0.25) is 4.79 Å². The second kappa shape index (κ2) is 5.27. The van der Waals surface area contributed by atoms with E-state index in [-0.39, 0.29) is 11.9 Å². The van der Waals surface area contributed by atoms with E-state index in [0.29, 0.717) is 11.3 Å². The maximum Gasteiger partial charge on any atom is 0.339 e. The van der Waals surface area contributed by atoms with Gasteiger partial charge in [0.15, 0.2) is 6.04 Å². The van der Waals surface area contributed by atoms with E-state index in [2.05, 4.69) is 15.8 Å². The summed E-state index contributed by atoms with van der Waals surface area (Å²) >= 11 is 0. The molecule has 0 saturated carbocycles. The van der Waals surface area contributed by atoms with Gasteiger partial charge in [-0.05, 0) is 19.1 Å². The second-order valence-electron chi connectivity index (χ2n) is 3.43. The third kappa shape index (κ3) is 2.80. The van der Waals surface area contributed by atoms with Crippen molar-refractivity contribution < 1.29 is 20.1 Å². The van der Waals surface area contributed by atoms with Crippen LogP contribution in [0.5, 0.6) is 0 Å². The van der Waals surface area contributed by atoms with Crippen molar-refractivity contribution in [3.05, 3.63) is 29.8 Å². The summed E-state index contributed by atoms with van der Waals surface area (Å²) in [6.07, 6.45) is 0. The zero-order valence-corrected chi connectivity index (χ0v) is 9.32. The number of esters is 1. The predicted octanol–water partition coefficient (Wildman–Crippen LogP) is 0.0421. The van der Waals surface area contributed by atoms with E-state index >= 15 is 0 Å². The summed E-state index contributed by atoms with van der Waals surface area (Å²) in [5.41, 5.74) is 4.37. The lowest BCUT2D eigenvalue weighted by atomic mass is 10.1. The van der Waals surface area contributed by atoms with E-state index < -0.39 is 5.97 Å². The Morgan fingerprint density at radius 1 is 1.38 bits per heavy atom. The Bertz CT molecular complexity index is 402. The molecule has 1 amide bonds. The van der Waals surface area contributed by atoms with Crippen LogP contribution in [0.15, 0.2) is 24.3 Å². The number of para-hydroxylation sites is 1. The molecule has 0 radical (unpaired) electrons. The number of amides is 1. The van der Waals surface area contributed by atoms with Gasteiger partial charge in [0.1, 0.15) is 0 Å². The fraction of sp³-hybridized carbons (Fsp3) is 0.273. The highest BCUT2D eigenvalue weighted by molar-refractivity contribution is 6.02. The number of hydrogen-bond donors (Lipinski definition) is 2. The van der Waals surface area contributed by atoms with Crippen LogP contribution < -0.4 is 11.1 Å². The van der Waals surface area contributed by atoms with E-state index in [4.69, 9.17) is 0 Å². The Hall–Kier alpha value is -1.88. The van der Waals surface area contributed by atoms with Crippen LogP contribution in [-0.4, -0.2) is 25.0 Å². The van der Waals surface area contributed by atoms with Crippen LogP contribution in [0.25, 0.3) is 0 Å². The molecule has 86 valence electrons. The van der Waals surface area contributed by atoms with Gasteiger partial charge in [0.05, 0.1) is 18.4 Å². The van der Waals surface area contributed by atoms with Crippen LogP contribution in [0, 0.1) is 0 Å². The van der Waals surface area contributed by atoms with E-state index in [1.165, 1.54) is 7.11 Å². The van der Waals surface area contributed by atoms with Crippen LogP contribution in [0.2, 0.25) is 0 Å². The lowest BCUT2D eigenvalue weighted by molar-refractivity contribution is -0.396. The number of anilines is 1. The van der Waals surface area contributed by atoms with E-state index in [9.17, 15) is 9.59 Å². The first-order valence-electron chi connectivity index (χ1n) is 4.87. The monoisotopic (exact) mass is 223 g/mol. The normalized spacial score (nSPS) is 11.7. The Morgan fingerprint density at radius 2 is 2.00 bits per heavy atom. The third-order valence-electron chi connectivity index (χ3n) is 2.04. The summed E-state index contributed by atoms with van der Waals surface area (Å²) in [7, 11) is 1.30. The van der Waals surface area contributed by atoms with Crippen molar-refractivity contribution in [3.63, 3.8) is 0 Å². The minimum atomic E-state index is -0.479. The number of carbonyl (C=O) groups is 2. The van der Waals surface area contributed by atoms with Crippen molar-refractivity contribution in [2.45, 2.75) is 13.0 Å². The summed E-state index contributed by atoms with van der Waals surface area (Å²) in [6.45, 7) is 1.68. The molecule has 1 rings (SSSR count). The number of quaternary nitrogens is 1. The standard InChI is InChI=1S/C11H14N2O3/c1-7(12)10(14)13-9-6-4-3-5-8(9)11(15)16-2/h3-7H,12H2,1-2H3,(H,13,14)/p+1. The Balaban J connectivity index is 2.95. The van der Waals surface area contributed by atoms with Crippen LogP contribution in [0.4, 0.5) is 5.69 Å². The van der Waals surface area contributed by atoms with Gasteiger partial charge >= 0.3 is 5.97 Å². The summed E-state index contributed by atoms with van der Waals surface area (Å²) in [6, 6.07) is 6.29. The van der Waals surface area contributed by atoms with Crippen molar-refractivity contribution in [3.8, 4) is 0 Å². The maximum atomic E-state index is 11.4. The van der Waals surface area contributed by atoms with Gasteiger partial charge in [0, 0.05) is 0 Å². The molecule has 0 fully saturated rings. The number of rotatable bonds is 3. The number of carbonyl (C=O) groups excluding carboxylic acids is 2. The third-order valence-corrected chi connectivity index (χ3v) is 2.04. The predicted molar refractivity (Wildman–Crippen MR) is 58.8 cm³/mol. The lowest BCUT2D eigenvalue weighted by Gasteiger charge is -2.09. The number of benzene rings is 1. The second-order valence-corrected chi connectivity index (χ2v) is 3.43. The number of ether oxygens (including phenoxy) is 1. The minimum Gasteiger partial charge on any atom is -0.465 e. The Labute approximate surface area is 93.6 Å². The molecule has 16 heavy (non-hydrogen) atoms. The molecule has 4 N–H and O–H groups in total. The SMILES string of the molecule is COC(=O)c1ccccc1NC(=O)C(C)[NH3+]. The molecule has 5 heteroatoms. The topological polar surface area (TPSA) is 83.0 Å². The fourth-order valence-electron chi connectivity index (χ4n) is 1.14. The number of hydrogen-bond acceptors (Lipinski definition) is 3. The molecular formula is C11H15N2O3+. The zero-order valence-electron chi connectivity index (χ0n) is 9.32. The first-order valence-corrected chi connectivity index (χ1v) is 4.87. The first-order chi connectivity index (χ1) is 7.56. The highest BCUT2D eigenvalue weighted by Crippen LogP contribution is 2.15. The van der Waals surface area contributed by atoms with Crippen LogP contribution in [-0.2, 0) is 9.53 Å². The molecule has 0 spiro atoms. The molecule has 0 heterocycles. The first kappa shape index (κ1) is 12.2. The van der Waals surface area contributed by atoms with Gasteiger partial charge in [-0.1, -0.05) is 12.1 Å². The van der Waals surface area contributed by atoms with Crippen LogP contribution in [0.1, 0.15) is 17.3 Å². The number of methoxy groups -OCH3 is 1. The summed E-state index contributed by atoms with van der Waals surface area (Å²) in [5.74, 6) is -0.719.